The van der Waals surface area contributed by atoms with Gasteiger partial charge in [-0.25, -0.2) is 18.4 Å². The van der Waals surface area contributed by atoms with Gasteiger partial charge in [-0.3, -0.25) is 4.98 Å². The lowest BCUT2D eigenvalue weighted by Crippen LogP contribution is -2.19. The summed E-state index contributed by atoms with van der Waals surface area (Å²) in [7, 11) is -2.03. The molecule has 0 fully saturated rings. The molecular formula is C15H10F6N4O3S. The Hall–Kier alpha value is -2.90. The zero-order valence-electron chi connectivity index (χ0n) is 14.2. The molecule has 3 heterocycles. The van der Waals surface area contributed by atoms with Gasteiger partial charge in [0.25, 0.3) is 0 Å². The third kappa shape index (κ3) is 4.41. The monoisotopic (exact) mass is 440 g/mol. The van der Waals surface area contributed by atoms with Crippen molar-refractivity contribution in [1.82, 2.24) is 19.5 Å². The van der Waals surface area contributed by atoms with Crippen molar-refractivity contribution in [2.75, 3.05) is 6.61 Å². The van der Waals surface area contributed by atoms with Crippen LogP contribution in [0.1, 0.15) is 5.56 Å². The molecule has 0 aromatic carbocycles. The molecule has 3 aromatic heterocycles. The van der Waals surface area contributed by atoms with Gasteiger partial charge in [-0.05, 0) is 6.07 Å². The highest BCUT2D eigenvalue weighted by molar-refractivity contribution is 7.72. The zero-order chi connectivity index (χ0) is 21.6. The minimum Gasteiger partial charge on any atom is -0.468 e. The van der Waals surface area contributed by atoms with E-state index in [1.165, 1.54) is 11.6 Å². The second-order valence-corrected chi connectivity index (χ2v) is 6.75. The van der Waals surface area contributed by atoms with E-state index in [-0.39, 0.29) is 28.4 Å². The van der Waals surface area contributed by atoms with Crippen molar-refractivity contribution in [3.8, 4) is 17.4 Å². The van der Waals surface area contributed by atoms with Crippen LogP contribution in [-0.4, -0.2) is 40.7 Å². The lowest BCUT2D eigenvalue weighted by molar-refractivity contribution is -0.154. The number of ether oxygens (including phenoxy) is 1. The molecule has 3 aromatic rings. The van der Waals surface area contributed by atoms with Gasteiger partial charge < -0.3 is 9.30 Å². The van der Waals surface area contributed by atoms with Crippen molar-refractivity contribution < 1.29 is 39.5 Å². The van der Waals surface area contributed by atoms with Gasteiger partial charge in [0.1, 0.15) is 5.69 Å². The number of aromatic nitrogens is 4. The number of aryl methyl sites for hydroxylation is 1. The molecule has 0 radical (unpaired) electrons. The number of hydrogen-bond acceptors (Lipinski definition) is 6. The summed E-state index contributed by atoms with van der Waals surface area (Å²) >= 11 is 0. The number of rotatable bonds is 4. The summed E-state index contributed by atoms with van der Waals surface area (Å²) in [5, 5.41) is 0. The summed E-state index contributed by atoms with van der Waals surface area (Å²) in [4.78, 5) is 10.7. The van der Waals surface area contributed by atoms with Gasteiger partial charge in [0, 0.05) is 19.3 Å². The van der Waals surface area contributed by atoms with Gasteiger partial charge in [0.05, 0.1) is 27.7 Å². The van der Waals surface area contributed by atoms with Crippen LogP contribution in [-0.2, 0) is 23.9 Å². The van der Waals surface area contributed by atoms with Gasteiger partial charge in [-0.2, -0.15) is 26.3 Å². The molecule has 0 aliphatic rings. The molecule has 0 aliphatic carbocycles. The van der Waals surface area contributed by atoms with Crippen molar-refractivity contribution >= 4 is 21.7 Å². The Morgan fingerprint density at radius 1 is 1.07 bits per heavy atom. The van der Waals surface area contributed by atoms with Crippen molar-refractivity contribution in [2.45, 2.75) is 17.2 Å². The fourth-order valence-corrected chi connectivity index (χ4v) is 3.01. The maximum absolute atomic E-state index is 12.9. The molecule has 0 unspecified atom stereocenters. The molecule has 29 heavy (non-hydrogen) atoms. The van der Waals surface area contributed by atoms with Crippen molar-refractivity contribution in [2.24, 2.45) is 7.05 Å². The van der Waals surface area contributed by atoms with Crippen LogP contribution in [0.25, 0.3) is 22.6 Å². The quantitative estimate of drug-likeness (QED) is 0.496. The molecule has 7 nitrogen and oxygen atoms in total. The Morgan fingerprint density at radius 3 is 2.34 bits per heavy atom. The summed E-state index contributed by atoms with van der Waals surface area (Å²) in [5.41, 5.74) is -1.24. The third-order valence-corrected chi connectivity index (χ3v) is 4.46. The van der Waals surface area contributed by atoms with Crippen LogP contribution in [0.15, 0.2) is 29.4 Å². The number of pyridine rings is 2. The number of thiol groups is 1. The molecule has 0 atom stereocenters. The molecular weight excluding hydrogens is 430 g/mol. The summed E-state index contributed by atoms with van der Waals surface area (Å²) in [6.45, 7) is -1.58. The molecule has 0 aliphatic heterocycles. The van der Waals surface area contributed by atoms with Gasteiger partial charge in [0.15, 0.2) is 23.1 Å². The minimum absolute atomic E-state index is 0.0865. The van der Waals surface area contributed by atoms with Gasteiger partial charge in [0.2, 0.25) is 5.88 Å². The van der Waals surface area contributed by atoms with Gasteiger partial charge in [-0.15, -0.1) is 0 Å². The summed E-state index contributed by atoms with van der Waals surface area (Å²) in [6, 6.07) is 1.52. The fraction of sp³-hybridized carbons (Fsp3) is 0.267. The number of alkyl halides is 6. The van der Waals surface area contributed by atoms with E-state index in [4.69, 9.17) is 0 Å². The van der Waals surface area contributed by atoms with Crippen LogP contribution < -0.4 is 4.74 Å². The molecule has 0 saturated heterocycles. The van der Waals surface area contributed by atoms with E-state index in [2.05, 4.69) is 19.7 Å². The first kappa shape index (κ1) is 20.8. The van der Waals surface area contributed by atoms with E-state index in [0.29, 0.717) is 12.3 Å². The minimum atomic E-state index is -4.80. The normalized spacial score (nSPS) is 12.7. The molecule has 3 rings (SSSR count). The molecule has 0 saturated carbocycles. The van der Waals surface area contributed by atoms with Crippen LogP contribution in [0, 0.1) is 0 Å². The molecule has 0 amide bonds. The van der Waals surface area contributed by atoms with E-state index >= 15 is 0 Å². The van der Waals surface area contributed by atoms with E-state index in [1.807, 2.05) is 0 Å². The number of imidazole rings is 1. The molecule has 0 N–H and O–H groups in total. The van der Waals surface area contributed by atoms with Gasteiger partial charge in [-0.1, -0.05) is 0 Å². The topological polar surface area (TPSA) is 87.0 Å². The third-order valence-electron chi connectivity index (χ3n) is 3.73. The maximum atomic E-state index is 12.9. The summed E-state index contributed by atoms with van der Waals surface area (Å²) < 4.78 is 104. The first-order valence-corrected chi connectivity index (χ1v) is 8.78. The smallest absolute Gasteiger partial charge is 0.422 e. The second-order valence-electron chi connectivity index (χ2n) is 5.76. The van der Waals surface area contributed by atoms with Crippen LogP contribution in [0.2, 0.25) is 0 Å². The van der Waals surface area contributed by atoms with Crippen LogP contribution in [0.5, 0.6) is 5.88 Å². The Balaban J connectivity index is 2.09. The Kier molecular flexibility index (Phi) is 5.15. The van der Waals surface area contributed by atoms with Crippen molar-refractivity contribution in [1.29, 1.82) is 0 Å². The van der Waals surface area contributed by atoms with Crippen molar-refractivity contribution in [3.63, 3.8) is 0 Å². The number of nitrogens with zero attached hydrogens (tertiary/aromatic N) is 4. The highest BCUT2D eigenvalue weighted by Gasteiger charge is 2.33. The van der Waals surface area contributed by atoms with Gasteiger partial charge >= 0.3 is 12.4 Å². The largest absolute Gasteiger partial charge is 0.468 e. The first-order chi connectivity index (χ1) is 13.4. The van der Waals surface area contributed by atoms with Crippen LogP contribution in [0.4, 0.5) is 26.3 Å². The second kappa shape index (κ2) is 7.17. The molecule has 0 spiro atoms. The average Bonchev–Trinajstić information content (AvgIpc) is 2.94. The lowest BCUT2D eigenvalue weighted by atomic mass is 10.2. The molecule has 156 valence electrons. The summed E-state index contributed by atoms with van der Waals surface area (Å²) in [5.74, 6) is -0.493. The van der Waals surface area contributed by atoms with Crippen LogP contribution >= 0.6 is 0 Å². The van der Waals surface area contributed by atoms with Crippen molar-refractivity contribution in [3.05, 3.63) is 30.1 Å². The molecule has 14 heteroatoms. The van der Waals surface area contributed by atoms with E-state index in [1.54, 1.807) is 0 Å². The SMILES string of the molecule is Cn1c(-c2ncc(C(F)(F)F)cc2[SH](=O)=O)nc2cc(OCC(F)(F)F)ncc21. The fourth-order valence-electron chi connectivity index (χ4n) is 2.44. The predicted octanol–water partition coefficient (Wildman–Crippen LogP) is 2.96. The zero-order valence-corrected chi connectivity index (χ0v) is 15.1. The standard InChI is InChI=1S/C15H10F6N4O3S/c1-25-9-5-22-11(28-6-14(16,17)18)3-8(9)24-13(25)12-10(29(26)27)2-7(4-23-12)15(19,20)21/h2-5,29H,6H2,1H3. The molecule has 0 bridgehead atoms. The Bertz CT molecular complexity index is 1150. The lowest BCUT2D eigenvalue weighted by Gasteiger charge is -2.09. The first-order valence-electron chi connectivity index (χ1n) is 7.61. The van der Waals surface area contributed by atoms with E-state index in [9.17, 15) is 34.8 Å². The Morgan fingerprint density at radius 2 is 1.76 bits per heavy atom. The number of fused-ring (bicyclic) bond motifs is 1. The predicted molar refractivity (Wildman–Crippen MR) is 86.9 cm³/mol. The van der Waals surface area contributed by atoms with E-state index < -0.39 is 40.1 Å². The Labute approximate surface area is 159 Å². The summed E-state index contributed by atoms with van der Waals surface area (Å²) in [6.07, 6.45) is -7.78. The number of halogens is 6. The maximum Gasteiger partial charge on any atom is 0.422 e. The van der Waals surface area contributed by atoms with Crippen LogP contribution in [0.3, 0.4) is 0 Å². The average molecular weight is 440 g/mol. The highest BCUT2D eigenvalue weighted by Crippen LogP contribution is 2.33. The highest BCUT2D eigenvalue weighted by atomic mass is 32.2. The van der Waals surface area contributed by atoms with E-state index in [0.717, 1.165) is 12.3 Å². The number of hydrogen-bond donors (Lipinski definition) is 1.